The summed E-state index contributed by atoms with van der Waals surface area (Å²) in [4.78, 5) is 18.2. The molecule has 3 aromatic rings. The van der Waals surface area contributed by atoms with Gasteiger partial charge in [-0.05, 0) is 62.4 Å². The number of likely N-dealkylation sites (tertiary alicyclic amines) is 1. The Labute approximate surface area is 224 Å². The Morgan fingerprint density at radius 1 is 1.16 bits per heavy atom. The van der Waals surface area contributed by atoms with Crippen LogP contribution in [0.4, 0.5) is 8.78 Å². The molecule has 2 aromatic carbocycles. The minimum Gasteiger partial charge on any atom is -0.497 e. The maximum atomic E-state index is 13.4. The number of nitrogens with zero attached hydrogens (tertiary/aromatic N) is 2. The van der Waals surface area contributed by atoms with Gasteiger partial charge in [-0.3, -0.25) is 14.7 Å². The maximum absolute atomic E-state index is 13.4. The van der Waals surface area contributed by atoms with Crippen LogP contribution >= 0.6 is 11.6 Å². The normalized spacial score (nSPS) is 16.3. The van der Waals surface area contributed by atoms with Crippen molar-refractivity contribution >= 4 is 28.5 Å². The predicted molar refractivity (Wildman–Crippen MR) is 140 cm³/mol. The van der Waals surface area contributed by atoms with E-state index in [1.165, 1.54) is 6.20 Å². The first-order chi connectivity index (χ1) is 18.2. The molecule has 7 nitrogen and oxygen atoms in total. The lowest BCUT2D eigenvalue weighted by Crippen LogP contribution is -2.42. The Morgan fingerprint density at radius 3 is 2.53 bits per heavy atom. The first kappa shape index (κ1) is 28.0. The van der Waals surface area contributed by atoms with Crippen molar-refractivity contribution in [3.05, 3.63) is 64.8 Å². The second-order valence-electron chi connectivity index (χ2n) is 9.82. The Morgan fingerprint density at radius 2 is 1.87 bits per heavy atom. The van der Waals surface area contributed by atoms with Crippen LogP contribution in [0.1, 0.15) is 43.8 Å². The molecular weight excluding hydrogens is 518 g/mol. The third-order valence-electron chi connectivity index (χ3n) is 7.30. The van der Waals surface area contributed by atoms with E-state index in [-0.39, 0.29) is 18.8 Å². The quantitative estimate of drug-likeness (QED) is 0.321. The third-order valence-corrected chi connectivity index (χ3v) is 7.61. The van der Waals surface area contributed by atoms with Gasteiger partial charge in [0.05, 0.1) is 30.2 Å². The van der Waals surface area contributed by atoms with Crippen molar-refractivity contribution in [3.63, 3.8) is 0 Å². The van der Waals surface area contributed by atoms with E-state index < -0.39 is 29.1 Å². The van der Waals surface area contributed by atoms with E-state index in [2.05, 4.69) is 9.88 Å². The Hall–Kier alpha value is -3.01. The molecule has 0 aliphatic carbocycles. The first-order valence-corrected chi connectivity index (χ1v) is 12.9. The van der Waals surface area contributed by atoms with E-state index in [4.69, 9.17) is 21.1 Å². The number of aromatic nitrogens is 1. The van der Waals surface area contributed by atoms with Crippen LogP contribution in [0.3, 0.4) is 0 Å². The molecule has 204 valence electrons. The van der Waals surface area contributed by atoms with Crippen molar-refractivity contribution in [1.82, 2.24) is 9.88 Å². The number of hydrogen-bond donors (Lipinski definition) is 2. The van der Waals surface area contributed by atoms with Crippen molar-refractivity contribution in [2.24, 2.45) is 5.41 Å². The second-order valence-corrected chi connectivity index (χ2v) is 10.2. The average molecular weight is 549 g/mol. The molecule has 1 atom stereocenters. The fourth-order valence-electron chi connectivity index (χ4n) is 5.21. The summed E-state index contributed by atoms with van der Waals surface area (Å²) in [6, 6.07) is 8.44. The number of aliphatic hydroxyl groups is 1. The molecule has 38 heavy (non-hydrogen) atoms. The van der Waals surface area contributed by atoms with Crippen molar-refractivity contribution in [1.29, 1.82) is 0 Å². The highest BCUT2D eigenvalue weighted by Gasteiger charge is 2.37. The van der Waals surface area contributed by atoms with Crippen LogP contribution < -0.4 is 9.47 Å². The van der Waals surface area contributed by atoms with Gasteiger partial charge < -0.3 is 19.7 Å². The van der Waals surface area contributed by atoms with Gasteiger partial charge in [0.25, 0.3) is 0 Å². The van der Waals surface area contributed by atoms with Crippen LogP contribution in [0.15, 0.2) is 42.6 Å². The van der Waals surface area contributed by atoms with Crippen LogP contribution in [-0.4, -0.2) is 59.4 Å². The largest absolute Gasteiger partial charge is 0.497 e. The van der Waals surface area contributed by atoms with Crippen LogP contribution in [0.25, 0.3) is 10.9 Å². The molecular formula is C28H31ClF2N2O5. The van der Waals surface area contributed by atoms with Crippen molar-refractivity contribution in [2.75, 3.05) is 33.4 Å². The van der Waals surface area contributed by atoms with Gasteiger partial charge in [-0.2, -0.15) is 0 Å². The molecule has 0 saturated carbocycles. The Balaban J connectivity index is 1.38. The molecule has 2 N–H and O–H groups in total. The molecule has 10 heteroatoms. The smallest absolute Gasteiger partial charge is 0.303 e. The lowest BCUT2D eigenvalue weighted by atomic mass is 9.71. The molecule has 4 rings (SSSR count). The van der Waals surface area contributed by atoms with Crippen molar-refractivity contribution in [3.8, 4) is 11.5 Å². The molecule has 1 fully saturated rings. The maximum Gasteiger partial charge on any atom is 0.303 e. The van der Waals surface area contributed by atoms with Gasteiger partial charge >= 0.3 is 5.97 Å². The summed E-state index contributed by atoms with van der Waals surface area (Å²) in [6.07, 6.45) is 2.75. The highest BCUT2D eigenvalue weighted by atomic mass is 35.5. The number of piperidine rings is 1. The van der Waals surface area contributed by atoms with Gasteiger partial charge in [0, 0.05) is 41.9 Å². The number of carboxylic acids is 1. The fourth-order valence-corrected chi connectivity index (χ4v) is 5.49. The molecule has 1 aliphatic heterocycles. The first-order valence-electron chi connectivity index (χ1n) is 12.5. The number of methoxy groups -OCH3 is 1. The minimum absolute atomic E-state index is 0.00524. The highest BCUT2D eigenvalue weighted by molar-refractivity contribution is 6.32. The number of rotatable bonds is 11. The monoisotopic (exact) mass is 548 g/mol. The Kier molecular flexibility index (Phi) is 9.02. The highest BCUT2D eigenvalue weighted by Crippen LogP contribution is 2.43. The topological polar surface area (TPSA) is 92.1 Å². The van der Waals surface area contributed by atoms with E-state index in [1.807, 2.05) is 0 Å². The van der Waals surface area contributed by atoms with Crippen molar-refractivity contribution in [2.45, 2.75) is 38.2 Å². The number of hydrogen-bond acceptors (Lipinski definition) is 6. The molecule has 0 spiro atoms. The fraction of sp³-hybridized carbons (Fsp3) is 0.429. The number of aliphatic hydroxyl groups excluding tert-OH is 1. The zero-order valence-electron chi connectivity index (χ0n) is 21.1. The number of carboxylic acid groups (broad SMARTS) is 1. The zero-order valence-corrected chi connectivity index (χ0v) is 21.9. The van der Waals surface area contributed by atoms with E-state index in [1.54, 1.807) is 25.3 Å². The van der Waals surface area contributed by atoms with E-state index in [9.17, 15) is 23.8 Å². The summed E-state index contributed by atoms with van der Waals surface area (Å²) < 4.78 is 37.5. The number of carbonyl (C=O) groups is 1. The van der Waals surface area contributed by atoms with Gasteiger partial charge in [-0.25, -0.2) is 8.78 Å². The second kappa shape index (κ2) is 12.2. The van der Waals surface area contributed by atoms with Crippen LogP contribution in [0.2, 0.25) is 5.02 Å². The van der Waals surface area contributed by atoms with Crippen LogP contribution in [0.5, 0.6) is 11.5 Å². The predicted octanol–water partition coefficient (Wildman–Crippen LogP) is 5.62. The molecule has 1 saturated heterocycles. The van der Waals surface area contributed by atoms with E-state index in [0.29, 0.717) is 72.6 Å². The number of ether oxygens (including phenoxy) is 2. The number of pyridine rings is 1. The number of benzene rings is 2. The minimum atomic E-state index is -0.899. The molecule has 2 heterocycles. The number of halogens is 3. The number of aliphatic carboxylic acids is 1. The van der Waals surface area contributed by atoms with Gasteiger partial charge in [0.1, 0.15) is 29.7 Å². The molecule has 0 bridgehead atoms. The summed E-state index contributed by atoms with van der Waals surface area (Å²) in [7, 11) is 1.56. The summed E-state index contributed by atoms with van der Waals surface area (Å²) in [5.74, 6) is -1.51. The zero-order chi connectivity index (χ0) is 27.3. The molecule has 0 amide bonds. The molecule has 1 aromatic heterocycles. The lowest BCUT2D eigenvalue weighted by Gasteiger charge is -2.41. The van der Waals surface area contributed by atoms with E-state index in [0.717, 1.165) is 18.2 Å². The van der Waals surface area contributed by atoms with Gasteiger partial charge in [0.2, 0.25) is 0 Å². The van der Waals surface area contributed by atoms with Crippen LogP contribution in [-0.2, 0) is 4.79 Å². The lowest BCUT2D eigenvalue weighted by molar-refractivity contribution is -0.141. The third kappa shape index (κ3) is 6.89. The Bertz CT molecular complexity index is 1260. The summed E-state index contributed by atoms with van der Waals surface area (Å²) in [5, 5.41) is 21.9. The SMILES string of the molecule is COc1ccc2ncc(Cl)c(C(O)CCC3(CC(=O)O)CCN(CCOc4cc(F)cc(F)c4)CC3)c2c1. The molecule has 1 unspecified atom stereocenters. The average Bonchev–Trinajstić information content (AvgIpc) is 2.87. The standard InChI is InChI=1S/C28H31ClF2N2O5/c1-37-20-2-3-24-22(15-20)27(23(29)17-32-24)25(34)4-5-28(16-26(35)36)6-8-33(9-7-28)10-11-38-21-13-18(30)12-19(31)14-21/h2-3,12-15,17,25,34H,4-11,16H2,1H3,(H,35,36). The van der Waals surface area contributed by atoms with Crippen LogP contribution in [0, 0.1) is 17.0 Å². The van der Waals surface area contributed by atoms with Gasteiger partial charge in [-0.1, -0.05) is 11.6 Å². The van der Waals surface area contributed by atoms with Crippen molar-refractivity contribution < 1.29 is 33.3 Å². The summed E-state index contributed by atoms with van der Waals surface area (Å²) in [6.45, 7) is 2.11. The summed E-state index contributed by atoms with van der Waals surface area (Å²) >= 11 is 6.45. The summed E-state index contributed by atoms with van der Waals surface area (Å²) in [5.41, 5.74) is 0.772. The number of fused-ring (bicyclic) bond motifs is 1. The van der Waals surface area contributed by atoms with E-state index >= 15 is 0 Å². The van der Waals surface area contributed by atoms with Gasteiger partial charge in [-0.15, -0.1) is 0 Å². The molecule has 0 radical (unpaired) electrons. The van der Waals surface area contributed by atoms with Gasteiger partial charge in [0.15, 0.2) is 0 Å². The molecule has 1 aliphatic rings.